The third-order valence-corrected chi connectivity index (χ3v) is 0. The van der Waals surface area contributed by atoms with Crippen LogP contribution in [-0.4, -0.2) is 283 Å². The molecule has 0 saturated carbocycles. The third kappa shape index (κ3) is 631. The Bertz CT molecular complexity index is 78.4. The Hall–Kier alpha value is 7.14. The van der Waals surface area contributed by atoms with Gasteiger partial charge in [0.2, 0.25) is 0 Å². The summed E-state index contributed by atoms with van der Waals surface area (Å²) >= 11 is 0. The fraction of sp³-hybridized carbons (Fsp3) is 0. The zero-order chi connectivity index (χ0) is 14.3. The molecule has 10 N–H and O–H groups in total. The van der Waals surface area contributed by atoms with Crippen molar-refractivity contribution in [3.05, 3.63) is 0 Å². The first-order valence-electron chi connectivity index (χ1n) is 2.83. The Morgan fingerprint density at radius 1 is 0.222 bits per heavy atom. The fourth-order valence-corrected chi connectivity index (χ4v) is 0. The van der Waals surface area contributed by atoms with Crippen molar-refractivity contribution in [3.8, 4) is 0 Å². The summed E-state index contributed by atoms with van der Waals surface area (Å²) in [5, 5.41) is 101. The quantitative estimate of drug-likeness (QED) is 0.247. The maximum absolute atomic E-state index is 8.42. The Balaban J connectivity index is -0.00000000482. The zero-order valence-corrected chi connectivity index (χ0v) is 27.2. The van der Waals surface area contributed by atoms with Crippen LogP contribution in [0, 0.1) is 0 Å². The van der Waals surface area contributed by atoms with Gasteiger partial charge in [0.1, 0.15) is 0 Å². The Morgan fingerprint density at radius 2 is 0.222 bits per heavy atom. The van der Waals surface area contributed by atoms with E-state index in [9.17, 15) is 0 Å². The molecule has 0 unspecified atom stereocenters. The van der Waals surface area contributed by atoms with Crippen LogP contribution in [0.5, 0.6) is 0 Å². The van der Waals surface area contributed by atoms with Gasteiger partial charge in [0, 0.05) is 0 Å². The number of rotatable bonds is 0. The van der Waals surface area contributed by atoms with E-state index in [1.807, 2.05) is 0 Å². The van der Waals surface area contributed by atoms with Crippen molar-refractivity contribution in [2.45, 2.75) is 0 Å². The predicted octanol–water partition coefficient (Wildman–Crippen LogP) is -22.2. The SMILES string of the molecule is O.O.O.O.O.[Ca+2].[Ca+2].[Ca+2].[Ca+2].[Ca+2].[Ca+2].[O-]B([O-])[O-].[O-]B([O-])[O-].[O-]B([O-])[O-].[O-]B([O-])[O-]. The molecule has 0 bridgehead atoms. The second kappa shape index (κ2) is 93.4. The van der Waals surface area contributed by atoms with Crippen molar-refractivity contribution in [3.63, 3.8) is 0 Å². The van der Waals surface area contributed by atoms with Gasteiger partial charge >= 0.3 is 226 Å². The molecule has 0 spiro atoms. The van der Waals surface area contributed by atoms with E-state index in [-0.39, 0.29) is 254 Å². The molecular weight excluding hydrogens is 556 g/mol. The predicted molar refractivity (Wildman–Crippen MR) is 75.6 cm³/mol. The van der Waals surface area contributed by atoms with E-state index in [1.165, 1.54) is 0 Å². The fourth-order valence-electron chi connectivity index (χ4n) is 0. The smallest absolute Gasteiger partial charge is 0.907 e. The van der Waals surface area contributed by atoms with Crippen LogP contribution in [-0.2, 0) is 0 Å². The second-order valence-corrected chi connectivity index (χ2v) is 1.15. The van der Waals surface area contributed by atoms with E-state index in [0.717, 1.165) is 0 Å². The molecule has 0 radical (unpaired) electrons. The van der Waals surface area contributed by atoms with Gasteiger partial charge in [0.05, 0.1) is 0 Å². The van der Waals surface area contributed by atoms with Crippen LogP contribution in [0.1, 0.15) is 0 Å². The first-order valence-corrected chi connectivity index (χ1v) is 2.83. The summed E-state index contributed by atoms with van der Waals surface area (Å²) in [6.07, 6.45) is 0. The summed E-state index contributed by atoms with van der Waals surface area (Å²) in [4.78, 5) is 0. The molecule has 136 valence electrons. The minimum Gasteiger partial charge on any atom is -0.907 e. The number of hydrogen-bond acceptors (Lipinski definition) is 12. The molecule has 27 heteroatoms. The summed E-state index contributed by atoms with van der Waals surface area (Å²) in [5.41, 5.74) is 0. The average molecular weight is 566 g/mol. The van der Waals surface area contributed by atoms with Gasteiger partial charge in [-0.1, -0.05) is 0 Å². The Labute approximate surface area is 335 Å². The van der Waals surface area contributed by atoms with Crippen molar-refractivity contribution in [1.29, 1.82) is 0 Å². The summed E-state index contributed by atoms with van der Waals surface area (Å²) in [6, 6.07) is 0. The zero-order valence-electron chi connectivity index (χ0n) is 14.0. The average Bonchev–Trinajstić information content (AvgIpc) is 1.76. The monoisotopic (exact) mass is 566 g/mol. The van der Waals surface area contributed by atoms with E-state index in [0.29, 0.717) is 0 Å². The van der Waals surface area contributed by atoms with Crippen molar-refractivity contribution in [1.82, 2.24) is 0 Å². The number of hydrogen-bond donors (Lipinski definition) is 0. The van der Waals surface area contributed by atoms with Crippen LogP contribution in [0.25, 0.3) is 0 Å². The van der Waals surface area contributed by atoms with Gasteiger partial charge in [-0.2, -0.15) is 0 Å². The van der Waals surface area contributed by atoms with Crippen molar-refractivity contribution in [2.24, 2.45) is 0 Å². The Kier molecular flexibility index (Phi) is 354. The van der Waals surface area contributed by atoms with Crippen LogP contribution in [0.4, 0.5) is 0 Å². The molecule has 0 aliphatic carbocycles. The van der Waals surface area contributed by atoms with E-state index >= 15 is 0 Å². The molecule has 17 nitrogen and oxygen atoms in total. The van der Waals surface area contributed by atoms with Gasteiger partial charge in [-0.05, 0) is 0 Å². The van der Waals surface area contributed by atoms with Crippen LogP contribution in [0.15, 0.2) is 0 Å². The second-order valence-electron chi connectivity index (χ2n) is 1.15. The molecule has 27 heavy (non-hydrogen) atoms. The van der Waals surface area contributed by atoms with Gasteiger partial charge in [-0.3, -0.25) is 29.3 Å². The largest absolute Gasteiger partial charge is 2.00 e. The van der Waals surface area contributed by atoms with Gasteiger partial charge in [-0.25, -0.2) is 0 Å². The molecule has 0 heterocycles. The minimum atomic E-state index is -2.92. The standard InChI is InChI=1S/4BO3.6Ca.5H2O/c4*2-1(3)4;;;;;;;;;;;/h;;;;;;;;;;5*1H2/q4*-3;6*+2;;;;;. The van der Waals surface area contributed by atoms with Crippen LogP contribution in [0.3, 0.4) is 0 Å². The van der Waals surface area contributed by atoms with E-state index in [2.05, 4.69) is 0 Å². The van der Waals surface area contributed by atoms with E-state index in [1.54, 1.807) is 0 Å². The van der Waals surface area contributed by atoms with Gasteiger partial charge < -0.3 is 87.7 Å². The van der Waals surface area contributed by atoms with Crippen LogP contribution < -0.4 is 60.3 Å². The van der Waals surface area contributed by atoms with Crippen molar-refractivity contribution >= 4 is 256 Å². The first kappa shape index (κ1) is 102. The van der Waals surface area contributed by atoms with Crippen LogP contribution >= 0.6 is 0 Å². The van der Waals surface area contributed by atoms with Gasteiger partial charge in [0.15, 0.2) is 0 Å². The van der Waals surface area contributed by atoms with Crippen molar-refractivity contribution < 1.29 is 87.7 Å². The van der Waals surface area contributed by atoms with E-state index in [4.69, 9.17) is 60.3 Å². The molecule has 0 fully saturated rings. The third-order valence-electron chi connectivity index (χ3n) is 0. The molecule has 0 aliphatic heterocycles. The maximum atomic E-state index is 8.42. The topological polar surface area (TPSA) is 434 Å². The molecule has 0 saturated heterocycles. The molecule has 0 aromatic heterocycles. The minimum absolute atomic E-state index is 0. The summed E-state index contributed by atoms with van der Waals surface area (Å²) < 4.78 is 0. The van der Waals surface area contributed by atoms with Crippen LogP contribution in [0.2, 0.25) is 0 Å². The maximum Gasteiger partial charge on any atom is 2.00 e. The normalized spacial score (nSPS) is 4.00. The molecule has 0 amide bonds. The Morgan fingerprint density at radius 3 is 0.222 bits per heavy atom. The van der Waals surface area contributed by atoms with Crippen molar-refractivity contribution in [2.75, 3.05) is 0 Å². The first-order chi connectivity index (χ1) is 6.93. The summed E-state index contributed by atoms with van der Waals surface area (Å²) in [6.45, 7) is 0. The summed E-state index contributed by atoms with van der Waals surface area (Å²) in [7, 11) is -11.7. The summed E-state index contributed by atoms with van der Waals surface area (Å²) in [5.74, 6) is 0. The molecule has 0 aromatic carbocycles. The molecular formula is H10B4Ca6O17. The molecule has 0 aromatic rings. The molecule has 0 rings (SSSR count). The van der Waals surface area contributed by atoms with Gasteiger partial charge in [0.25, 0.3) is 0 Å². The molecule has 0 aliphatic rings. The van der Waals surface area contributed by atoms with Gasteiger partial charge in [-0.15, -0.1) is 0 Å². The van der Waals surface area contributed by atoms with E-state index < -0.39 is 29.3 Å². The molecule has 0 atom stereocenters.